The molecule has 0 saturated carbocycles. The molecule has 2 unspecified atom stereocenters. The second kappa shape index (κ2) is 7.81. The van der Waals surface area contributed by atoms with E-state index in [0.29, 0.717) is 11.1 Å². The summed E-state index contributed by atoms with van der Waals surface area (Å²) in [7, 11) is -3.87. The summed E-state index contributed by atoms with van der Waals surface area (Å²) in [4.78, 5) is 0.115. The smallest absolute Gasteiger partial charge is 0.240 e. The number of benzene rings is 3. The van der Waals surface area contributed by atoms with E-state index in [2.05, 4.69) is 4.72 Å². The van der Waals surface area contributed by atoms with Gasteiger partial charge in [-0.15, -0.1) is 0 Å². The lowest BCUT2D eigenvalue weighted by atomic mass is 9.98. The fourth-order valence-corrected chi connectivity index (χ4v) is 3.96. The number of halogens is 1. The van der Waals surface area contributed by atoms with Crippen LogP contribution >= 0.6 is 0 Å². The van der Waals surface area contributed by atoms with Crippen LogP contribution in [0.1, 0.15) is 28.9 Å². The molecule has 0 bridgehead atoms. The predicted molar refractivity (Wildman–Crippen MR) is 101 cm³/mol. The fourth-order valence-electron chi connectivity index (χ4n) is 2.74. The standard InChI is InChI=1S/C21H20FNO2S/c1-16-12-14-19(15-13-16)26(24,25)23-21(18-10-6-3-7-11-18)20(22)17-8-4-2-5-9-17/h2-15,20-21,23H,1H3. The van der Waals surface area contributed by atoms with Crippen molar-refractivity contribution < 1.29 is 12.8 Å². The Kier molecular flexibility index (Phi) is 5.49. The van der Waals surface area contributed by atoms with E-state index in [-0.39, 0.29) is 4.90 Å². The summed E-state index contributed by atoms with van der Waals surface area (Å²) in [6.07, 6.45) is -1.51. The second-order valence-corrected chi connectivity index (χ2v) is 7.85. The van der Waals surface area contributed by atoms with Gasteiger partial charge < -0.3 is 0 Å². The zero-order valence-corrected chi connectivity index (χ0v) is 15.2. The zero-order valence-electron chi connectivity index (χ0n) is 14.3. The Bertz CT molecular complexity index is 942. The summed E-state index contributed by atoms with van der Waals surface area (Å²) < 4.78 is 43.4. The van der Waals surface area contributed by atoms with Gasteiger partial charge in [-0.25, -0.2) is 17.5 Å². The summed E-state index contributed by atoms with van der Waals surface area (Å²) in [6.45, 7) is 1.88. The minimum Gasteiger partial charge on any atom is -0.240 e. The van der Waals surface area contributed by atoms with Crippen LogP contribution in [0.2, 0.25) is 0 Å². The van der Waals surface area contributed by atoms with Crippen LogP contribution in [0.4, 0.5) is 4.39 Å². The van der Waals surface area contributed by atoms with Crippen molar-refractivity contribution >= 4 is 10.0 Å². The molecule has 0 aromatic heterocycles. The average Bonchev–Trinajstić information content (AvgIpc) is 2.67. The predicted octanol–water partition coefficient (Wildman–Crippen LogP) is 4.73. The van der Waals surface area contributed by atoms with Crippen LogP contribution < -0.4 is 4.72 Å². The minimum atomic E-state index is -3.87. The number of hydrogen-bond acceptors (Lipinski definition) is 2. The van der Waals surface area contributed by atoms with Gasteiger partial charge in [0.05, 0.1) is 10.9 Å². The van der Waals surface area contributed by atoms with Crippen LogP contribution in [0.5, 0.6) is 0 Å². The highest BCUT2D eigenvalue weighted by Gasteiger charge is 2.29. The van der Waals surface area contributed by atoms with Crippen LogP contribution in [0.3, 0.4) is 0 Å². The van der Waals surface area contributed by atoms with E-state index in [1.165, 1.54) is 12.1 Å². The Labute approximate surface area is 153 Å². The highest BCUT2D eigenvalue weighted by molar-refractivity contribution is 7.89. The maximum Gasteiger partial charge on any atom is 0.241 e. The highest BCUT2D eigenvalue weighted by atomic mass is 32.2. The quantitative estimate of drug-likeness (QED) is 0.683. The van der Waals surface area contributed by atoms with Gasteiger partial charge in [0.2, 0.25) is 10.0 Å². The maximum absolute atomic E-state index is 15.3. The van der Waals surface area contributed by atoms with Gasteiger partial charge in [-0.3, -0.25) is 0 Å². The molecule has 3 rings (SSSR count). The van der Waals surface area contributed by atoms with Gasteiger partial charge in [0.1, 0.15) is 6.17 Å². The Hall–Kier alpha value is -2.50. The van der Waals surface area contributed by atoms with Crippen molar-refractivity contribution in [3.05, 3.63) is 102 Å². The number of hydrogen-bond donors (Lipinski definition) is 1. The Balaban J connectivity index is 1.97. The second-order valence-electron chi connectivity index (χ2n) is 6.14. The topological polar surface area (TPSA) is 46.2 Å². The Morgan fingerprint density at radius 3 is 1.81 bits per heavy atom. The van der Waals surface area contributed by atoms with Gasteiger partial charge in [0.15, 0.2) is 0 Å². The van der Waals surface area contributed by atoms with Crippen LogP contribution in [0.25, 0.3) is 0 Å². The van der Waals surface area contributed by atoms with Gasteiger partial charge in [0.25, 0.3) is 0 Å². The lowest BCUT2D eigenvalue weighted by Crippen LogP contribution is -2.31. The average molecular weight is 369 g/mol. The van der Waals surface area contributed by atoms with Crippen molar-refractivity contribution in [2.75, 3.05) is 0 Å². The first-order chi connectivity index (χ1) is 12.5. The molecule has 1 N–H and O–H groups in total. The van der Waals surface area contributed by atoms with Crippen molar-refractivity contribution in [2.24, 2.45) is 0 Å². The van der Waals surface area contributed by atoms with Crippen molar-refractivity contribution in [1.29, 1.82) is 0 Å². The van der Waals surface area contributed by atoms with E-state index < -0.39 is 22.2 Å². The summed E-state index contributed by atoms with van der Waals surface area (Å²) in [5, 5.41) is 0. The number of sulfonamides is 1. The number of aryl methyl sites for hydroxylation is 1. The molecule has 0 spiro atoms. The van der Waals surface area contributed by atoms with Crippen molar-refractivity contribution in [2.45, 2.75) is 24.0 Å². The summed E-state index contributed by atoms with van der Waals surface area (Å²) in [6, 6.07) is 22.8. The molecule has 0 aliphatic heterocycles. The first kappa shape index (κ1) is 18.3. The van der Waals surface area contributed by atoms with Crippen molar-refractivity contribution in [3.8, 4) is 0 Å². The third kappa shape index (κ3) is 4.18. The molecule has 0 aliphatic rings. The van der Waals surface area contributed by atoms with E-state index in [4.69, 9.17) is 0 Å². The summed E-state index contributed by atoms with van der Waals surface area (Å²) in [5.74, 6) is 0. The monoisotopic (exact) mass is 369 g/mol. The normalized spacial score (nSPS) is 13.9. The number of rotatable bonds is 6. The SMILES string of the molecule is Cc1ccc(S(=O)(=O)NC(c2ccccc2)C(F)c2ccccc2)cc1. The summed E-state index contributed by atoms with van der Waals surface area (Å²) in [5.41, 5.74) is 1.95. The summed E-state index contributed by atoms with van der Waals surface area (Å²) >= 11 is 0. The molecule has 5 heteroatoms. The third-order valence-electron chi connectivity index (χ3n) is 4.18. The molecule has 3 aromatic rings. The van der Waals surface area contributed by atoms with Crippen LogP contribution in [0.15, 0.2) is 89.8 Å². The molecular weight excluding hydrogens is 349 g/mol. The molecule has 134 valence electrons. The largest absolute Gasteiger partial charge is 0.241 e. The molecule has 3 aromatic carbocycles. The number of nitrogens with one attached hydrogen (secondary N) is 1. The van der Waals surface area contributed by atoms with Gasteiger partial charge in [-0.05, 0) is 30.2 Å². The van der Waals surface area contributed by atoms with Crippen LogP contribution in [-0.2, 0) is 10.0 Å². The Morgan fingerprint density at radius 1 is 0.769 bits per heavy atom. The van der Waals surface area contributed by atoms with Crippen molar-refractivity contribution in [1.82, 2.24) is 4.72 Å². The van der Waals surface area contributed by atoms with E-state index in [0.717, 1.165) is 5.56 Å². The lowest BCUT2D eigenvalue weighted by Gasteiger charge is -2.23. The van der Waals surface area contributed by atoms with E-state index in [9.17, 15) is 8.42 Å². The highest BCUT2D eigenvalue weighted by Crippen LogP contribution is 2.33. The van der Waals surface area contributed by atoms with Gasteiger partial charge in [-0.1, -0.05) is 78.4 Å². The first-order valence-corrected chi connectivity index (χ1v) is 9.79. The molecule has 3 nitrogen and oxygen atoms in total. The Morgan fingerprint density at radius 2 is 1.27 bits per heavy atom. The minimum absolute atomic E-state index is 0.115. The maximum atomic E-state index is 15.3. The van der Waals surface area contributed by atoms with Gasteiger partial charge >= 0.3 is 0 Å². The molecule has 0 saturated heterocycles. The van der Waals surface area contributed by atoms with Crippen molar-refractivity contribution in [3.63, 3.8) is 0 Å². The molecule has 2 atom stereocenters. The fraction of sp³-hybridized carbons (Fsp3) is 0.143. The van der Waals surface area contributed by atoms with Crippen LogP contribution in [0, 0.1) is 6.92 Å². The van der Waals surface area contributed by atoms with E-state index in [1.807, 2.05) is 13.0 Å². The first-order valence-electron chi connectivity index (χ1n) is 8.30. The molecule has 0 heterocycles. The molecule has 0 fully saturated rings. The van der Waals surface area contributed by atoms with E-state index >= 15 is 4.39 Å². The van der Waals surface area contributed by atoms with Crippen LogP contribution in [-0.4, -0.2) is 8.42 Å². The van der Waals surface area contributed by atoms with Gasteiger partial charge in [0, 0.05) is 0 Å². The van der Waals surface area contributed by atoms with E-state index in [1.54, 1.807) is 66.7 Å². The molecule has 0 radical (unpaired) electrons. The molecule has 26 heavy (non-hydrogen) atoms. The zero-order chi connectivity index (χ0) is 18.6. The molecule has 0 amide bonds. The molecular formula is C21H20FNO2S. The third-order valence-corrected chi connectivity index (χ3v) is 5.64. The van der Waals surface area contributed by atoms with Gasteiger partial charge in [-0.2, -0.15) is 0 Å². The lowest BCUT2D eigenvalue weighted by molar-refractivity contribution is 0.277. The molecule has 0 aliphatic carbocycles. The number of alkyl halides is 1.